The minimum atomic E-state index is -0.315. The van der Waals surface area contributed by atoms with Crippen LogP contribution in [-0.4, -0.2) is 42.3 Å². The highest BCUT2D eigenvalue weighted by atomic mass is 16.5. The first-order valence-electron chi connectivity index (χ1n) is 8.10. The van der Waals surface area contributed by atoms with Gasteiger partial charge in [-0.05, 0) is 25.8 Å². The fourth-order valence-electron chi connectivity index (χ4n) is 2.67. The maximum Gasteiger partial charge on any atom is 0.325 e. The van der Waals surface area contributed by atoms with Gasteiger partial charge in [0.05, 0.1) is 18.8 Å². The molecule has 1 aromatic carbocycles. The molecule has 0 saturated carbocycles. The molecule has 0 unspecified atom stereocenters. The molecule has 4 heteroatoms. The highest BCUT2D eigenvalue weighted by molar-refractivity contribution is 5.76. The van der Waals surface area contributed by atoms with E-state index in [2.05, 4.69) is 37.8 Å². The number of nitrogens with zero attached hydrogens (tertiary/aromatic N) is 1. The van der Waals surface area contributed by atoms with Crippen molar-refractivity contribution in [2.45, 2.75) is 51.8 Å². The lowest BCUT2D eigenvalue weighted by atomic mass is 10.0. The maximum atomic E-state index is 12.3. The van der Waals surface area contributed by atoms with Crippen molar-refractivity contribution >= 4 is 5.97 Å². The molecule has 1 saturated heterocycles. The van der Waals surface area contributed by atoms with Gasteiger partial charge < -0.3 is 9.47 Å². The lowest BCUT2D eigenvalue weighted by Gasteiger charge is -2.42. The summed E-state index contributed by atoms with van der Waals surface area (Å²) in [5.41, 5.74) is 0.959. The van der Waals surface area contributed by atoms with Crippen LogP contribution in [0.5, 0.6) is 0 Å². The molecular formula is C18H27NO3. The van der Waals surface area contributed by atoms with E-state index in [4.69, 9.17) is 9.47 Å². The SMILES string of the molecule is CCCCOC(=O)[C@@H]1COC(C)(C)CN1Cc1ccccc1. The van der Waals surface area contributed by atoms with Crippen LogP contribution in [-0.2, 0) is 20.8 Å². The van der Waals surface area contributed by atoms with Crippen molar-refractivity contribution in [1.82, 2.24) is 4.90 Å². The van der Waals surface area contributed by atoms with Crippen LogP contribution in [0.4, 0.5) is 0 Å². The summed E-state index contributed by atoms with van der Waals surface area (Å²) in [5.74, 6) is -0.167. The van der Waals surface area contributed by atoms with Crippen molar-refractivity contribution in [2.75, 3.05) is 19.8 Å². The third kappa shape index (κ3) is 4.82. The molecular weight excluding hydrogens is 278 g/mol. The van der Waals surface area contributed by atoms with Gasteiger partial charge in [-0.15, -0.1) is 0 Å². The highest BCUT2D eigenvalue weighted by Gasteiger charge is 2.38. The largest absolute Gasteiger partial charge is 0.464 e. The first-order valence-corrected chi connectivity index (χ1v) is 8.10. The standard InChI is InChI=1S/C18H27NO3/c1-4-5-11-21-17(20)16-13-22-18(2,3)14-19(16)12-15-9-7-6-8-10-15/h6-10,16H,4-5,11-14H2,1-3H3/t16-/m0/s1. The molecule has 1 atom stereocenters. The fraction of sp³-hybridized carbons (Fsp3) is 0.611. The number of hydrogen-bond donors (Lipinski definition) is 0. The summed E-state index contributed by atoms with van der Waals surface area (Å²) in [6.45, 7) is 8.55. The average molecular weight is 305 g/mol. The van der Waals surface area contributed by atoms with Crippen molar-refractivity contribution < 1.29 is 14.3 Å². The minimum Gasteiger partial charge on any atom is -0.464 e. The van der Waals surface area contributed by atoms with E-state index in [1.54, 1.807) is 0 Å². The third-order valence-electron chi connectivity index (χ3n) is 3.90. The van der Waals surface area contributed by atoms with E-state index < -0.39 is 0 Å². The van der Waals surface area contributed by atoms with E-state index in [0.717, 1.165) is 25.9 Å². The van der Waals surface area contributed by atoms with E-state index in [-0.39, 0.29) is 17.6 Å². The topological polar surface area (TPSA) is 38.8 Å². The van der Waals surface area contributed by atoms with E-state index in [1.807, 2.05) is 18.2 Å². The van der Waals surface area contributed by atoms with Gasteiger partial charge in [-0.1, -0.05) is 43.7 Å². The molecule has 1 fully saturated rings. The zero-order chi connectivity index (χ0) is 16.0. The van der Waals surface area contributed by atoms with Gasteiger partial charge in [0, 0.05) is 13.1 Å². The monoisotopic (exact) mass is 305 g/mol. The first kappa shape index (κ1) is 17.0. The van der Waals surface area contributed by atoms with Gasteiger partial charge in [0.15, 0.2) is 0 Å². The van der Waals surface area contributed by atoms with Crippen LogP contribution >= 0.6 is 0 Å². The van der Waals surface area contributed by atoms with E-state index in [0.29, 0.717) is 13.2 Å². The third-order valence-corrected chi connectivity index (χ3v) is 3.90. The van der Waals surface area contributed by atoms with Crippen LogP contribution in [0.2, 0.25) is 0 Å². The summed E-state index contributed by atoms with van der Waals surface area (Å²) >= 11 is 0. The number of carbonyl (C=O) groups is 1. The molecule has 1 heterocycles. The first-order chi connectivity index (χ1) is 10.5. The Balaban J connectivity index is 2.03. The van der Waals surface area contributed by atoms with Crippen molar-refractivity contribution in [2.24, 2.45) is 0 Å². The lowest BCUT2D eigenvalue weighted by molar-refractivity contribution is -0.169. The number of morpholine rings is 1. The summed E-state index contributed by atoms with van der Waals surface area (Å²) in [6, 6.07) is 9.91. The molecule has 1 aliphatic heterocycles. The summed E-state index contributed by atoms with van der Waals surface area (Å²) < 4.78 is 11.2. The molecule has 0 bridgehead atoms. The number of ether oxygens (including phenoxy) is 2. The molecule has 0 aliphatic carbocycles. The Morgan fingerprint density at radius 1 is 1.36 bits per heavy atom. The number of esters is 1. The Morgan fingerprint density at radius 3 is 2.77 bits per heavy atom. The van der Waals surface area contributed by atoms with Crippen molar-refractivity contribution in [3.8, 4) is 0 Å². The second-order valence-electron chi connectivity index (χ2n) is 6.50. The van der Waals surface area contributed by atoms with Gasteiger partial charge in [0.2, 0.25) is 0 Å². The van der Waals surface area contributed by atoms with E-state index in [9.17, 15) is 4.79 Å². The zero-order valence-corrected chi connectivity index (χ0v) is 13.9. The number of carbonyl (C=O) groups excluding carboxylic acids is 1. The maximum absolute atomic E-state index is 12.3. The molecule has 122 valence electrons. The molecule has 0 radical (unpaired) electrons. The van der Waals surface area contributed by atoms with Crippen molar-refractivity contribution in [3.63, 3.8) is 0 Å². The lowest BCUT2D eigenvalue weighted by Crippen LogP contribution is -2.56. The van der Waals surface area contributed by atoms with Gasteiger partial charge >= 0.3 is 5.97 Å². The van der Waals surface area contributed by atoms with E-state index in [1.165, 1.54) is 5.56 Å². The van der Waals surface area contributed by atoms with Crippen molar-refractivity contribution in [3.05, 3.63) is 35.9 Å². The molecule has 0 N–H and O–H groups in total. The summed E-state index contributed by atoms with van der Waals surface area (Å²) in [5, 5.41) is 0. The normalized spacial score (nSPS) is 21.5. The summed E-state index contributed by atoms with van der Waals surface area (Å²) in [7, 11) is 0. The second kappa shape index (κ2) is 7.75. The summed E-state index contributed by atoms with van der Waals surface area (Å²) in [6.07, 6.45) is 1.93. The Labute approximate surface area is 133 Å². The minimum absolute atomic E-state index is 0.167. The molecule has 0 aromatic heterocycles. The predicted octanol–water partition coefficient (Wildman–Crippen LogP) is 3.01. The predicted molar refractivity (Wildman–Crippen MR) is 86.5 cm³/mol. The van der Waals surface area contributed by atoms with Crippen LogP contribution in [0, 0.1) is 0 Å². The molecule has 0 amide bonds. The molecule has 0 spiro atoms. The van der Waals surface area contributed by atoms with Gasteiger partial charge in [0.25, 0.3) is 0 Å². The van der Waals surface area contributed by atoms with Gasteiger partial charge in [-0.2, -0.15) is 0 Å². The number of unbranched alkanes of at least 4 members (excludes halogenated alkanes) is 1. The van der Waals surface area contributed by atoms with Gasteiger partial charge in [-0.25, -0.2) is 0 Å². The summed E-state index contributed by atoms with van der Waals surface area (Å²) in [4.78, 5) is 14.5. The van der Waals surface area contributed by atoms with Crippen LogP contribution in [0.25, 0.3) is 0 Å². The van der Waals surface area contributed by atoms with Crippen LogP contribution in [0.1, 0.15) is 39.2 Å². The highest BCUT2D eigenvalue weighted by Crippen LogP contribution is 2.23. The number of rotatable bonds is 6. The van der Waals surface area contributed by atoms with E-state index >= 15 is 0 Å². The Hall–Kier alpha value is -1.39. The molecule has 1 aromatic rings. The van der Waals surface area contributed by atoms with Crippen LogP contribution in [0.15, 0.2) is 30.3 Å². The van der Waals surface area contributed by atoms with Gasteiger partial charge in [0.1, 0.15) is 6.04 Å². The van der Waals surface area contributed by atoms with Crippen LogP contribution < -0.4 is 0 Å². The van der Waals surface area contributed by atoms with Crippen LogP contribution in [0.3, 0.4) is 0 Å². The molecule has 1 aliphatic rings. The molecule has 2 rings (SSSR count). The number of hydrogen-bond acceptors (Lipinski definition) is 4. The fourth-order valence-corrected chi connectivity index (χ4v) is 2.67. The smallest absolute Gasteiger partial charge is 0.325 e. The van der Waals surface area contributed by atoms with Crippen molar-refractivity contribution in [1.29, 1.82) is 0 Å². The quantitative estimate of drug-likeness (QED) is 0.598. The number of benzene rings is 1. The Kier molecular flexibility index (Phi) is 5.98. The zero-order valence-electron chi connectivity index (χ0n) is 13.9. The molecule has 4 nitrogen and oxygen atoms in total. The second-order valence-corrected chi connectivity index (χ2v) is 6.50. The Morgan fingerprint density at radius 2 is 2.09 bits per heavy atom. The average Bonchev–Trinajstić information content (AvgIpc) is 2.47. The Bertz CT molecular complexity index is 472. The van der Waals surface area contributed by atoms with Gasteiger partial charge in [-0.3, -0.25) is 9.69 Å². The molecule has 22 heavy (non-hydrogen) atoms.